The van der Waals surface area contributed by atoms with Gasteiger partial charge in [0, 0.05) is 21.3 Å². The van der Waals surface area contributed by atoms with Crippen LogP contribution in [0.2, 0.25) is 5.54 Å². The van der Waals surface area contributed by atoms with Gasteiger partial charge in [0.25, 0.3) is 0 Å². The largest absolute Gasteiger partial charge is 0.335 e. The number of unbranched alkanes of at least 4 members (excludes halogenated alkanes) is 2. The zero-order valence-electron chi connectivity index (χ0n) is 17.2. The van der Waals surface area contributed by atoms with Crippen LogP contribution in [0.15, 0.2) is 0 Å². The number of ether oxygens (including phenoxy) is 3. The highest BCUT2D eigenvalue weighted by Gasteiger charge is 2.37. The van der Waals surface area contributed by atoms with Gasteiger partial charge in [0.1, 0.15) is 9.52 Å². The van der Waals surface area contributed by atoms with Crippen molar-refractivity contribution < 1.29 is 14.2 Å². The summed E-state index contributed by atoms with van der Waals surface area (Å²) in [5, 5.41) is 0. The molecule has 4 heteroatoms. The average Bonchev–Trinajstić information content (AvgIpc) is 2.68. The monoisotopic (exact) mass is 370 g/mol. The van der Waals surface area contributed by atoms with Crippen molar-refractivity contribution in [2.75, 3.05) is 21.3 Å². The Morgan fingerprint density at radius 2 is 1.28 bits per heavy atom. The molecule has 2 saturated carbocycles. The lowest BCUT2D eigenvalue weighted by atomic mass is 9.70. The first kappa shape index (κ1) is 21.4. The molecule has 0 amide bonds. The molecule has 2 rings (SSSR count). The van der Waals surface area contributed by atoms with Crippen molar-refractivity contribution in [3.8, 4) is 0 Å². The van der Waals surface area contributed by atoms with Gasteiger partial charge in [-0.25, -0.2) is 0 Å². The fourth-order valence-corrected chi connectivity index (χ4v) is 7.44. The summed E-state index contributed by atoms with van der Waals surface area (Å²) in [4.78, 5) is 0. The van der Waals surface area contributed by atoms with Gasteiger partial charge in [-0.05, 0) is 36.1 Å². The molecule has 25 heavy (non-hydrogen) atoms. The van der Waals surface area contributed by atoms with Crippen molar-refractivity contribution in [2.24, 2.45) is 17.8 Å². The molecule has 0 aromatic carbocycles. The maximum atomic E-state index is 5.55. The lowest BCUT2D eigenvalue weighted by Gasteiger charge is -2.39. The van der Waals surface area contributed by atoms with Crippen LogP contribution in [0.4, 0.5) is 0 Å². The third kappa shape index (κ3) is 6.33. The van der Waals surface area contributed by atoms with Gasteiger partial charge in [-0.3, -0.25) is 0 Å². The molecule has 0 aromatic heterocycles. The standard InChI is InChI=1S/C21H42O3Si/c1-5-6-7-8-17-9-11-18(12-10-17)19-13-15-20(16-14-19)25-21(22-2,23-3)24-4/h17-20H,5-16,25H2,1-4H3/t17-,18-,19-,20-. The Kier molecular flexibility index (Phi) is 9.46. The molecule has 0 aromatic rings. The van der Waals surface area contributed by atoms with Crippen LogP contribution in [0, 0.1) is 17.8 Å². The van der Waals surface area contributed by atoms with E-state index in [2.05, 4.69) is 6.92 Å². The van der Waals surface area contributed by atoms with Crippen molar-refractivity contribution in [1.82, 2.24) is 0 Å². The van der Waals surface area contributed by atoms with E-state index >= 15 is 0 Å². The number of hydrogen-bond acceptors (Lipinski definition) is 3. The van der Waals surface area contributed by atoms with Crippen molar-refractivity contribution in [2.45, 2.75) is 95.1 Å². The van der Waals surface area contributed by atoms with E-state index in [1.807, 2.05) is 0 Å². The summed E-state index contributed by atoms with van der Waals surface area (Å²) in [5.74, 6) is 3.04. The third-order valence-electron chi connectivity index (χ3n) is 7.14. The Bertz CT molecular complexity index is 335. The van der Waals surface area contributed by atoms with Gasteiger partial charge < -0.3 is 14.2 Å². The minimum absolute atomic E-state index is 0.566. The summed E-state index contributed by atoms with van der Waals surface area (Å²) < 4.78 is 16.7. The molecule has 148 valence electrons. The van der Waals surface area contributed by atoms with Gasteiger partial charge in [0.2, 0.25) is 5.60 Å². The number of methoxy groups -OCH3 is 3. The lowest BCUT2D eigenvalue weighted by Crippen LogP contribution is -2.45. The molecule has 0 heterocycles. The summed E-state index contributed by atoms with van der Waals surface area (Å²) in [5.41, 5.74) is 0.107. The summed E-state index contributed by atoms with van der Waals surface area (Å²) in [6, 6.07) is 0. The molecule has 2 fully saturated rings. The van der Waals surface area contributed by atoms with Crippen molar-refractivity contribution in [1.29, 1.82) is 0 Å². The topological polar surface area (TPSA) is 27.7 Å². The Labute approximate surface area is 158 Å². The van der Waals surface area contributed by atoms with Crippen LogP contribution in [0.3, 0.4) is 0 Å². The molecule has 3 nitrogen and oxygen atoms in total. The maximum Gasteiger partial charge on any atom is 0.248 e. The van der Waals surface area contributed by atoms with E-state index in [1.165, 1.54) is 77.0 Å². The molecular formula is C21H42O3Si. The predicted octanol–water partition coefficient (Wildman–Crippen LogP) is 5.07. The minimum atomic E-state index is -0.700. The van der Waals surface area contributed by atoms with Gasteiger partial charge in [0.05, 0.1) is 0 Å². The van der Waals surface area contributed by atoms with Crippen LogP contribution in [0.5, 0.6) is 0 Å². The molecule has 0 unspecified atom stereocenters. The van der Waals surface area contributed by atoms with Crippen LogP contribution < -0.4 is 0 Å². The first-order chi connectivity index (χ1) is 12.2. The fourth-order valence-electron chi connectivity index (χ4n) is 5.35. The van der Waals surface area contributed by atoms with E-state index in [9.17, 15) is 0 Å². The first-order valence-electron chi connectivity index (χ1n) is 10.8. The van der Waals surface area contributed by atoms with Gasteiger partial charge in [-0.2, -0.15) is 0 Å². The highest BCUT2D eigenvalue weighted by molar-refractivity contribution is 6.40. The second-order valence-corrected chi connectivity index (χ2v) is 11.0. The van der Waals surface area contributed by atoms with Crippen LogP contribution >= 0.6 is 0 Å². The third-order valence-corrected chi connectivity index (χ3v) is 9.90. The van der Waals surface area contributed by atoms with E-state index in [-0.39, 0.29) is 0 Å². The number of hydrogen-bond donors (Lipinski definition) is 0. The van der Waals surface area contributed by atoms with Crippen LogP contribution in [-0.4, -0.2) is 36.4 Å². The molecule has 0 aliphatic heterocycles. The zero-order valence-corrected chi connectivity index (χ0v) is 18.6. The van der Waals surface area contributed by atoms with Crippen LogP contribution in [-0.2, 0) is 14.2 Å². The Morgan fingerprint density at radius 3 is 1.76 bits per heavy atom. The molecule has 0 spiro atoms. The quantitative estimate of drug-likeness (QED) is 0.305. The molecule has 0 radical (unpaired) electrons. The van der Waals surface area contributed by atoms with E-state index in [0.717, 1.165) is 23.3 Å². The minimum Gasteiger partial charge on any atom is -0.335 e. The highest BCUT2D eigenvalue weighted by Crippen LogP contribution is 2.44. The highest BCUT2D eigenvalue weighted by atomic mass is 28.2. The lowest BCUT2D eigenvalue weighted by molar-refractivity contribution is -0.295. The van der Waals surface area contributed by atoms with Crippen molar-refractivity contribution in [3.63, 3.8) is 0 Å². The Balaban J connectivity index is 1.69. The normalized spacial score (nSPS) is 31.7. The second-order valence-electron chi connectivity index (χ2n) is 8.56. The van der Waals surface area contributed by atoms with Gasteiger partial charge in [0.15, 0.2) is 0 Å². The van der Waals surface area contributed by atoms with Gasteiger partial charge >= 0.3 is 0 Å². The van der Waals surface area contributed by atoms with E-state index < -0.39 is 15.1 Å². The molecule has 0 N–H and O–H groups in total. The van der Waals surface area contributed by atoms with Crippen molar-refractivity contribution >= 4 is 9.52 Å². The van der Waals surface area contributed by atoms with Crippen LogP contribution in [0.25, 0.3) is 0 Å². The van der Waals surface area contributed by atoms with Gasteiger partial charge in [-0.1, -0.05) is 71.1 Å². The first-order valence-corrected chi connectivity index (χ1v) is 12.3. The maximum absolute atomic E-state index is 5.55. The second kappa shape index (κ2) is 11.1. The van der Waals surface area contributed by atoms with E-state index in [0.29, 0.717) is 0 Å². The smallest absolute Gasteiger partial charge is 0.248 e. The van der Waals surface area contributed by atoms with Gasteiger partial charge in [-0.15, -0.1) is 0 Å². The summed E-state index contributed by atoms with van der Waals surface area (Å²) >= 11 is 0. The van der Waals surface area contributed by atoms with E-state index in [4.69, 9.17) is 14.2 Å². The molecule has 2 aliphatic carbocycles. The molecule has 0 atom stereocenters. The summed E-state index contributed by atoms with van der Waals surface area (Å²) in [7, 11) is 4.57. The van der Waals surface area contributed by atoms with E-state index in [1.54, 1.807) is 21.3 Å². The van der Waals surface area contributed by atoms with Crippen molar-refractivity contribution in [3.05, 3.63) is 0 Å². The van der Waals surface area contributed by atoms with Crippen LogP contribution in [0.1, 0.15) is 84.0 Å². The average molecular weight is 371 g/mol. The Hall–Kier alpha value is 0.0969. The zero-order chi connectivity index (χ0) is 18.1. The molecule has 0 bridgehead atoms. The molecule has 0 saturated heterocycles. The SMILES string of the molecule is CCCCC[C@H]1CC[C@H]([C@H]2CC[C@H]([SiH2]C(OC)(OC)OC)CC2)CC1. The number of rotatable bonds is 10. The Morgan fingerprint density at radius 1 is 0.760 bits per heavy atom. The molecular weight excluding hydrogens is 328 g/mol. The summed E-state index contributed by atoms with van der Waals surface area (Å²) in [6.45, 7) is 2.31. The predicted molar refractivity (Wildman–Crippen MR) is 108 cm³/mol. The fraction of sp³-hybridized carbons (Fsp3) is 1.00. The molecule has 2 aliphatic rings. The summed E-state index contributed by atoms with van der Waals surface area (Å²) in [6.07, 6.45) is 17.3.